The molecule has 0 saturated carbocycles. The fraction of sp³-hybridized carbons (Fsp3) is 0.105. The van der Waals surface area contributed by atoms with Gasteiger partial charge in [-0.1, -0.05) is 53.5 Å². The number of amides is 1. The SMILES string of the molecule is CC1=C(C(N)=O)[C@@H](c2ccccc2Cl)n2nc(-c3ccccc3Cl)nc2N1. The quantitative estimate of drug-likeness (QED) is 0.695. The van der Waals surface area contributed by atoms with Crippen LogP contribution in [0.2, 0.25) is 10.0 Å². The second kappa shape index (κ2) is 6.72. The third-order valence-corrected chi connectivity index (χ3v) is 5.11. The Bertz CT molecular complexity index is 1090. The molecule has 1 atom stereocenters. The van der Waals surface area contributed by atoms with Crippen LogP contribution in [-0.4, -0.2) is 20.7 Å². The van der Waals surface area contributed by atoms with Crippen molar-refractivity contribution in [3.63, 3.8) is 0 Å². The molecule has 0 fully saturated rings. The van der Waals surface area contributed by atoms with Crippen molar-refractivity contribution in [2.24, 2.45) is 5.73 Å². The molecule has 1 aromatic heterocycles. The van der Waals surface area contributed by atoms with Crippen molar-refractivity contribution in [1.82, 2.24) is 14.8 Å². The predicted molar refractivity (Wildman–Crippen MR) is 106 cm³/mol. The topological polar surface area (TPSA) is 85.8 Å². The highest BCUT2D eigenvalue weighted by Crippen LogP contribution is 2.39. The minimum atomic E-state index is -0.587. The number of allylic oxidation sites excluding steroid dienone is 1. The van der Waals surface area contributed by atoms with Gasteiger partial charge in [-0.05, 0) is 25.1 Å². The van der Waals surface area contributed by atoms with Gasteiger partial charge in [-0.2, -0.15) is 4.98 Å². The van der Waals surface area contributed by atoms with E-state index in [9.17, 15) is 4.79 Å². The Balaban J connectivity index is 1.93. The number of nitrogens with one attached hydrogen (secondary N) is 1. The van der Waals surface area contributed by atoms with Crippen molar-refractivity contribution in [3.8, 4) is 11.4 Å². The molecule has 0 aliphatic carbocycles. The van der Waals surface area contributed by atoms with Gasteiger partial charge >= 0.3 is 0 Å². The van der Waals surface area contributed by atoms with Crippen LogP contribution in [0.4, 0.5) is 5.95 Å². The fourth-order valence-corrected chi connectivity index (χ4v) is 3.67. The number of hydrogen-bond acceptors (Lipinski definition) is 4. The molecule has 0 saturated heterocycles. The third-order valence-electron chi connectivity index (χ3n) is 4.43. The molecule has 3 aromatic rings. The first-order valence-electron chi connectivity index (χ1n) is 8.21. The average molecular weight is 400 g/mol. The first-order valence-corrected chi connectivity index (χ1v) is 8.96. The summed E-state index contributed by atoms with van der Waals surface area (Å²) in [6.45, 7) is 1.78. The van der Waals surface area contributed by atoms with E-state index in [-0.39, 0.29) is 0 Å². The molecule has 6 nitrogen and oxygen atoms in total. The molecular formula is C19H15Cl2N5O. The lowest BCUT2D eigenvalue weighted by Gasteiger charge is -2.28. The standard InChI is InChI=1S/C19H15Cl2N5O/c1-10-15(17(22)27)16(11-6-2-4-8-13(11)20)26-19(23-10)24-18(25-26)12-7-3-5-9-14(12)21/h2-9,16H,1H3,(H2,22,27)(H,23,24,25)/t16-/m1/s1. The second-order valence-corrected chi connectivity index (χ2v) is 6.95. The minimum absolute atomic E-state index is 0.381. The molecule has 0 spiro atoms. The monoisotopic (exact) mass is 399 g/mol. The molecule has 27 heavy (non-hydrogen) atoms. The van der Waals surface area contributed by atoms with Gasteiger partial charge in [0, 0.05) is 21.8 Å². The van der Waals surface area contributed by atoms with Gasteiger partial charge in [-0.15, -0.1) is 5.10 Å². The summed E-state index contributed by atoms with van der Waals surface area (Å²) in [7, 11) is 0. The zero-order valence-electron chi connectivity index (χ0n) is 14.3. The predicted octanol–water partition coefficient (Wildman–Crippen LogP) is 4.03. The molecule has 1 aliphatic rings. The van der Waals surface area contributed by atoms with Crippen molar-refractivity contribution < 1.29 is 4.79 Å². The molecule has 2 heterocycles. The molecule has 8 heteroatoms. The molecular weight excluding hydrogens is 385 g/mol. The molecule has 2 aromatic carbocycles. The number of rotatable bonds is 3. The largest absolute Gasteiger partial charge is 0.366 e. The van der Waals surface area contributed by atoms with Gasteiger partial charge in [0.15, 0.2) is 5.82 Å². The summed E-state index contributed by atoms with van der Waals surface area (Å²) in [5.74, 6) is 0.376. The molecule has 3 N–H and O–H groups in total. The normalized spacial score (nSPS) is 16.0. The maximum Gasteiger partial charge on any atom is 0.248 e. The fourth-order valence-electron chi connectivity index (χ4n) is 3.21. The van der Waals surface area contributed by atoms with Crippen LogP contribution in [0.3, 0.4) is 0 Å². The average Bonchev–Trinajstić information content (AvgIpc) is 3.04. The Kier molecular flexibility index (Phi) is 4.37. The lowest BCUT2D eigenvalue weighted by molar-refractivity contribution is -0.115. The van der Waals surface area contributed by atoms with E-state index in [1.165, 1.54) is 0 Å². The van der Waals surface area contributed by atoms with E-state index in [2.05, 4.69) is 15.4 Å². The van der Waals surface area contributed by atoms with Crippen LogP contribution in [0, 0.1) is 0 Å². The molecule has 0 radical (unpaired) electrons. The number of fused-ring (bicyclic) bond motifs is 1. The van der Waals surface area contributed by atoms with E-state index >= 15 is 0 Å². The van der Waals surface area contributed by atoms with Crippen molar-refractivity contribution in [2.45, 2.75) is 13.0 Å². The molecule has 136 valence electrons. The van der Waals surface area contributed by atoms with Crippen molar-refractivity contribution in [2.75, 3.05) is 5.32 Å². The van der Waals surface area contributed by atoms with Gasteiger partial charge in [-0.25, -0.2) is 4.68 Å². The Labute approximate surface area is 165 Å². The van der Waals surface area contributed by atoms with Crippen LogP contribution >= 0.6 is 23.2 Å². The number of nitrogens with two attached hydrogens (primary N) is 1. The Hall–Kier alpha value is -2.83. The van der Waals surface area contributed by atoms with E-state index in [0.29, 0.717) is 44.2 Å². The lowest BCUT2D eigenvalue weighted by atomic mass is 9.95. The highest BCUT2D eigenvalue weighted by Gasteiger charge is 2.34. The molecule has 0 bridgehead atoms. The zero-order valence-corrected chi connectivity index (χ0v) is 15.8. The van der Waals surface area contributed by atoms with E-state index < -0.39 is 11.9 Å². The van der Waals surface area contributed by atoms with Crippen LogP contribution in [0.25, 0.3) is 11.4 Å². The number of halogens is 2. The van der Waals surface area contributed by atoms with E-state index in [0.717, 1.165) is 0 Å². The second-order valence-electron chi connectivity index (χ2n) is 6.14. The summed E-state index contributed by atoms with van der Waals surface area (Å²) in [5.41, 5.74) is 8.07. The number of aromatic nitrogens is 3. The highest BCUT2D eigenvalue weighted by atomic mass is 35.5. The van der Waals surface area contributed by atoms with E-state index in [1.807, 2.05) is 36.4 Å². The maximum absolute atomic E-state index is 12.2. The van der Waals surface area contributed by atoms with Crippen LogP contribution in [0.5, 0.6) is 0 Å². The number of carbonyl (C=O) groups excluding carboxylic acids is 1. The number of benzene rings is 2. The number of anilines is 1. The zero-order chi connectivity index (χ0) is 19.1. The Morgan fingerprint density at radius 2 is 1.78 bits per heavy atom. The summed E-state index contributed by atoms with van der Waals surface area (Å²) < 4.78 is 1.62. The maximum atomic E-state index is 12.2. The molecule has 4 rings (SSSR count). The summed E-state index contributed by atoms with van der Waals surface area (Å²) in [6.07, 6.45) is 0. The number of hydrogen-bond donors (Lipinski definition) is 2. The summed E-state index contributed by atoms with van der Waals surface area (Å²) in [6, 6.07) is 14.0. The Morgan fingerprint density at radius 3 is 2.44 bits per heavy atom. The molecule has 1 aliphatic heterocycles. The number of primary amides is 1. The number of carbonyl (C=O) groups is 1. The van der Waals surface area contributed by atoms with Gasteiger partial charge in [-0.3, -0.25) is 4.79 Å². The van der Waals surface area contributed by atoms with Gasteiger partial charge in [0.1, 0.15) is 6.04 Å². The molecule has 0 unspecified atom stereocenters. The van der Waals surface area contributed by atoms with Gasteiger partial charge < -0.3 is 11.1 Å². The minimum Gasteiger partial charge on any atom is -0.366 e. The third kappa shape index (κ3) is 2.97. The summed E-state index contributed by atoms with van der Waals surface area (Å²) in [5, 5.41) is 8.76. The first kappa shape index (κ1) is 17.6. The number of nitrogens with zero attached hydrogens (tertiary/aromatic N) is 3. The van der Waals surface area contributed by atoms with E-state index in [1.54, 1.807) is 23.7 Å². The highest BCUT2D eigenvalue weighted by molar-refractivity contribution is 6.33. The Morgan fingerprint density at radius 1 is 1.11 bits per heavy atom. The van der Waals surface area contributed by atoms with Gasteiger partial charge in [0.2, 0.25) is 11.9 Å². The smallest absolute Gasteiger partial charge is 0.248 e. The van der Waals surface area contributed by atoms with Gasteiger partial charge in [0.05, 0.1) is 10.6 Å². The van der Waals surface area contributed by atoms with Crippen LogP contribution in [0.1, 0.15) is 18.5 Å². The van der Waals surface area contributed by atoms with Crippen LogP contribution in [0.15, 0.2) is 59.8 Å². The van der Waals surface area contributed by atoms with Gasteiger partial charge in [0.25, 0.3) is 0 Å². The van der Waals surface area contributed by atoms with E-state index in [4.69, 9.17) is 28.9 Å². The lowest BCUT2D eigenvalue weighted by Crippen LogP contribution is -2.32. The van der Waals surface area contributed by atoms with Crippen molar-refractivity contribution in [1.29, 1.82) is 0 Å². The first-order chi connectivity index (χ1) is 13.0. The summed E-state index contributed by atoms with van der Waals surface area (Å²) >= 11 is 12.7. The molecule has 1 amide bonds. The van der Waals surface area contributed by atoms with Crippen LogP contribution in [-0.2, 0) is 4.79 Å². The van der Waals surface area contributed by atoms with Crippen molar-refractivity contribution in [3.05, 3.63) is 75.4 Å². The van der Waals surface area contributed by atoms with Crippen molar-refractivity contribution >= 4 is 35.1 Å². The summed E-state index contributed by atoms with van der Waals surface area (Å²) in [4.78, 5) is 16.8. The van der Waals surface area contributed by atoms with Crippen LogP contribution < -0.4 is 11.1 Å².